The molecule has 1 aliphatic heterocycles. The monoisotopic (exact) mass is 435 g/mol. The van der Waals surface area contributed by atoms with E-state index >= 15 is 0 Å². The number of benzene rings is 1. The van der Waals surface area contributed by atoms with Gasteiger partial charge in [-0.2, -0.15) is 0 Å². The van der Waals surface area contributed by atoms with E-state index in [1.807, 2.05) is 12.1 Å². The molecule has 2 rings (SSSR count). The molecule has 0 saturated heterocycles. The first kappa shape index (κ1) is 18.7. The van der Waals surface area contributed by atoms with Crippen LogP contribution in [0.2, 0.25) is 5.02 Å². The van der Waals surface area contributed by atoms with Crippen molar-refractivity contribution >= 4 is 41.5 Å². The van der Waals surface area contributed by atoms with Gasteiger partial charge >= 0.3 is 0 Å². The van der Waals surface area contributed by atoms with Gasteiger partial charge in [0.1, 0.15) is 13.2 Å². The summed E-state index contributed by atoms with van der Waals surface area (Å²) in [5.74, 6) is 4.52. The molecule has 0 fully saturated rings. The van der Waals surface area contributed by atoms with Crippen LogP contribution in [0.5, 0.6) is 11.5 Å². The summed E-state index contributed by atoms with van der Waals surface area (Å²) in [5, 5.41) is 6.76. The zero-order valence-electron chi connectivity index (χ0n) is 12.3. The summed E-state index contributed by atoms with van der Waals surface area (Å²) in [7, 11) is 1.70. The third kappa shape index (κ3) is 5.14. The molecule has 0 unspecified atom stereocenters. The Morgan fingerprint density at radius 1 is 1.36 bits per heavy atom. The van der Waals surface area contributed by atoms with Gasteiger partial charge in [-0.1, -0.05) is 17.5 Å². The highest BCUT2D eigenvalue weighted by Gasteiger charge is 2.16. The lowest BCUT2D eigenvalue weighted by Gasteiger charge is -2.20. The zero-order chi connectivity index (χ0) is 15.1. The lowest BCUT2D eigenvalue weighted by Crippen LogP contribution is -2.38. The molecule has 0 spiro atoms. The molecule has 0 saturated carbocycles. The van der Waals surface area contributed by atoms with Crippen LogP contribution in [0.3, 0.4) is 0 Å². The van der Waals surface area contributed by atoms with Crippen LogP contribution in [0, 0.1) is 12.3 Å². The van der Waals surface area contributed by atoms with Gasteiger partial charge in [-0.25, -0.2) is 0 Å². The fraction of sp³-hybridized carbons (Fsp3) is 0.400. The molecule has 1 aromatic carbocycles. The van der Waals surface area contributed by atoms with Crippen LogP contribution in [0.25, 0.3) is 0 Å². The van der Waals surface area contributed by atoms with E-state index in [4.69, 9.17) is 27.5 Å². The van der Waals surface area contributed by atoms with E-state index in [1.165, 1.54) is 0 Å². The molecule has 0 amide bonds. The summed E-state index contributed by atoms with van der Waals surface area (Å²) in [6.07, 6.45) is 5.98. The van der Waals surface area contributed by atoms with E-state index in [9.17, 15) is 0 Å². The number of nitrogens with zero attached hydrogens (tertiary/aromatic N) is 1. The van der Waals surface area contributed by atoms with Crippen LogP contribution < -0.4 is 20.1 Å². The van der Waals surface area contributed by atoms with Gasteiger partial charge in [-0.15, -0.1) is 30.4 Å². The predicted molar refractivity (Wildman–Crippen MR) is 99.8 cm³/mol. The number of nitrogens with one attached hydrogen (secondary N) is 2. The summed E-state index contributed by atoms with van der Waals surface area (Å²) in [5.41, 5.74) is 1.07. The number of terminal acetylenes is 1. The third-order valence-corrected chi connectivity index (χ3v) is 3.22. The van der Waals surface area contributed by atoms with Crippen molar-refractivity contribution in [1.82, 2.24) is 10.6 Å². The second kappa shape index (κ2) is 9.64. The Kier molecular flexibility index (Phi) is 8.20. The molecule has 0 aromatic heterocycles. The lowest BCUT2D eigenvalue weighted by atomic mass is 10.1. The highest BCUT2D eigenvalue weighted by atomic mass is 127. The smallest absolute Gasteiger partial charge is 0.191 e. The normalized spacial score (nSPS) is 12.9. The summed E-state index contributed by atoms with van der Waals surface area (Å²) in [6.45, 7) is 2.23. The van der Waals surface area contributed by atoms with Crippen LogP contribution in [-0.4, -0.2) is 39.3 Å². The number of hydrogen-bond donors (Lipinski definition) is 2. The zero-order valence-corrected chi connectivity index (χ0v) is 15.4. The summed E-state index contributed by atoms with van der Waals surface area (Å²) < 4.78 is 11.1. The minimum absolute atomic E-state index is 0. The Balaban J connectivity index is 0.00000242. The van der Waals surface area contributed by atoms with Crippen molar-refractivity contribution in [3.8, 4) is 23.8 Å². The lowest BCUT2D eigenvalue weighted by molar-refractivity contribution is 0.171. The number of halogens is 2. The van der Waals surface area contributed by atoms with Crippen molar-refractivity contribution in [1.29, 1.82) is 0 Å². The summed E-state index contributed by atoms with van der Waals surface area (Å²) >= 11 is 6.20. The number of ether oxygens (including phenoxy) is 2. The van der Waals surface area contributed by atoms with Crippen LogP contribution in [0.15, 0.2) is 17.1 Å². The minimum atomic E-state index is 0. The molecule has 0 bridgehead atoms. The molecule has 0 aliphatic carbocycles. The molecule has 0 atom stereocenters. The second-order valence-electron chi connectivity index (χ2n) is 4.41. The Morgan fingerprint density at radius 3 is 2.86 bits per heavy atom. The average molecular weight is 436 g/mol. The number of hydrogen-bond acceptors (Lipinski definition) is 3. The van der Waals surface area contributed by atoms with E-state index in [1.54, 1.807) is 7.05 Å². The van der Waals surface area contributed by atoms with E-state index in [0.717, 1.165) is 12.0 Å². The van der Waals surface area contributed by atoms with E-state index in [2.05, 4.69) is 21.5 Å². The molecule has 2 N–H and O–H groups in total. The predicted octanol–water partition coefficient (Wildman–Crippen LogP) is 2.07. The van der Waals surface area contributed by atoms with Gasteiger partial charge in [0.2, 0.25) is 0 Å². The standard InChI is InChI=1S/C15H18ClN3O2.HI/c1-3-5-18-15(17-2)19-6-4-11-9-12(16)14-13(10-11)20-7-8-21-14;/h1,9-10H,4-8H2,2H3,(H2,17,18,19);1H. The number of guanidine groups is 1. The Hall–Kier alpha value is -1.33. The maximum absolute atomic E-state index is 6.20. The molecule has 22 heavy (non-hydrogen) atoms. The van der Waals surface area contributed by atoms with Gasteiger partial charge in [-0.05, 0) is 24.1 Å². The van der Waals surface area contributed by atoms with Crippen molar-refractivity contribution in [3.63, 3.8) is 0 Å². The van der Waals surface area contributed by atoms with Crippen LogP contribution in [-0.2, 0) is 6.42 Å². The molecular weight excluding hydrogens is 417 g/mol. The van der Waals surface area contributed by atoms with Crippen molar-refractivity contribution in [2.45, 2.75) is 6.42 Å². The van der Waals surface area contributed by atoms with Crippen molar-refractivity contribution < 1.29 is 9.47 Å². The first-order valence-electron chi connectivity index (χ1n) is 6.70. The van der Waals surface area contributed by atoms with Gasteiger partial charge in [0.05, 0.1) is 11.6 Å². The second-order valence-corrected chi connectivity index (χ2v) is 4.82. The number of rotatable bonds is 4. The van der Waals surface area contributed by atoms with Gasteiger partial charge < -0.3 is 20.1 Å². The minimum Gasteiger partial charge on any atom is -0.486 e. The highest BCUT2D eigenvalue weighted by Crippen LogP contribution is 2.38. The average Bonchev–Trinajstić information content (AvgIpc) is 2.51. The van der Waals surface area contributed by atoms with Crippen molar-refractivity contribution in [2.24, 2.45) is 4.99 Å². The Morgan fingerprint density at radius 2 is 2.14 bits per heavy atom. The molecule has 1 aliphatic rings. The Labute approximate surface area is 152 Å². The largest absolute Gasteiger partial charge is 0.486 e. The van der Waals surface area contributed by atoms with Crippen molar-refractivity contribution in [2.75, 3.05) is 33.4 Å². The summed E-state index contributed by atoms with van der Waals surface area (Å²) in [4.78, 5) is 4.07. The first-order valence-corrected chi connectivity index (χ1v) is 7.08. The first-order chi connectivity index (χ1) is 10.2. The molecule has 0 radical (unpaired) electrons. The van der Waals surface area contributed by atoms with Crippen LogP contribution >= 0.6 is 35.6 Å². The van der Waals surface area contributed by atoms with E-state index < -0.39 is 0 Å². The van der Waals surface area contributed by atoms with Gasteiger partial charge in [0.15, 0.2) is 17.5 Å². The van der Waals surface area contributed by atoms with Crippen LogP contribution in [0.4, 0.5) is 0 Å². The molecule has 7 heteroatoms. The molecular formula is C15H19ClIN3O2. The van der Waals surface area contributed by atoms with E-state index in [0.29, 0.717) is 48.8 Å². The quantitative estimate of drug-likeness (QED) is 0.329. The maximum Gasteiger partial charge on any atom is 0.191 e. The number of fused-ring (bicyclic) bond motifs is 1. The fourth-order valence-corrected chi connectivity index (χ4v) is 2.28. The van der Waals surface area contributed by atoms with Crippen LogP contribution in [0.1, 0.15) is 5.56 Å². The molecule has 1 heterocycles. The fourth-order valence-electron chi connectivity index (χ4n) is 1.99. The SMILES string of the molecule is C#CCNC(=NC)NCCc1cc(Cl)c2c(c1)OCCO2.I. The highest BCUT2D eigenvalue weighted by molar-refractivity contribution is 14.0. The van der Waals surface area contributed by atoms with Gasteiger partial charge in [0.25, 0.3) is 0 Å². The van der Waals surface area contributed by atoms with Crippen molar-refractivity contribution in [3.05, 3.63) is 22.7 Å². The van der Waals surface area contributed by atoms with E-state index in [-0.39, 0.29) is 24.0 Å². The molecule has 120 valence electrons. The Bertz CT molecular complexity index is 573. The summed E-state index contributed by atoms with van der Waals surface area (Å²) in [6, 6.07) is 3.86. The molecule has 1 aromatic rings. The topological polar surface area (TPSA) is 54.9 Å². The third-order valence-electron chi connectivity index (χ3n) is 2.94. The van der Waals surface area contributed by atoms with Gasteiger partial charge in [0, 0.05) is 13.6 Å². The number of aliphatic imine (C=N–C) groups is 1. The van der Waals surface area contributed by atoms with Gasteiger partial charge in [-0.3, -0.25) is 4.99 Å². The molecule has 5 nitrogen and oxygen atoms in total. The maximum atomic E-state index is 6.20.